The molecule has 0 amide bonds. The van der Waals surface area contributed by atoms with Crippen LogP contribution >= 0.6 is 11.6 Å². The third kappa shape index (κ3) is 3.01. The number of nitrogens with one attached hydrogen (secondary N) is 1. The van der Waals surface area contributed by atoms with Gasteiger partial charge in [-0.25, -0.2) is 9.50 Å². The Hall–Kier alpha value is -2.21. The second-order valence-electron chi connectivity index (χ2n) is 5.30. The predicted octanol–water partition coefficient (Wildman–Crippen LogP) is 2.95. The van der Waals surface area contributed by atoms with E-state index >= 15 is 0 Å². The Kier molecular flexibility index (Phi) is 4.20. The zero-order chi connectivity index (χ0) is 15.5. The van der Waals surface area contributed by atoms with Gasteiger partial charge in [-0.3, -0.25) is 4.98 Å². The first-order valence-corrected chi connectivity index (χ1v) is 7.58. The molecule has 0 spiro atoms. The second-order valence-corrected chi connectivity index (χ2v) is 5.64. The first kappa shape index (κ1) is 14.7. The smallest absolute Gasteiger partial charge is 0.243 e. The minimum Gasteiger partial charge on any atom is -0.366 e. The van der Waals surface area contributed by atoms with Crippen molar-refractivity contribution < 1.29 is 0 Å². The van der Waals surface area contributed by atoms with E-state index in [1.54, 1.807) is 10.7 Å². The van der Waals surface area contributed by atoms with E-state index in [0.717, 1.165) is 17.8 Å². The monoisotopic (exact) mass is 316 g/mol. The molecule has 0 saturated heterocycles. The number of halogens is 1. The molecule has 0 aliphatic heterocycles. The summed E-state index contributed by atoms with van der Waals surface area (Å²) in [6.07, 6.45) is 4.40. The van der Waals surface area contributed by atoms with Gasteiger partial charge in [0.25, 0.3) is 0 Å². The fourth-order valence-corrected chi connectivity index (χ4v) is 2.40. The topological polar surface area (TPSA) is 68.0 Å². The van der Waals surface area contributed by atoms with Crippen molar-refractivity contribution in [3.05, 3.63) is 47.3 Å². The molecule has 7 heteroatoms. The van der Waals surface area contributed by atoms with Crippen LogP contribution in [0.1, 0.15) is 31.2 Å². The van der Waals surface area contributed by atoms with Crippen molar-refractivity contribution in [2.24, 2.45) is 0 Å². The molecule has 114 valence electrons. The first-order valence-electron chi connectivity index (χ1n) is 7.20. The molecule has 3 heterocycles. The maximum Gasteiger partial charge on any atom is 0.243 e. The number of aromatic nitrogens is 5. The van der Waals surface area contributed by atoms with Gasteiger partial charge in [-0.1, -0.05) is 19.9 Å². The van der Waals surface area contributed by atoms with E-state index in [-0.39, 0.29) is 5.28 Å². The Morgan fingerprint density at radius 2 is 2.14 bits per heavy atom. The lowest BCUT2D eigenvalue weighted by Gasteiger charge is -2.08. The number of anilines is 1. The zero-order valence-electron chi connectivity index (χ0n) is 12.5. The highest BCUT2D eigenvalue weighted by atomic mass is 35.5. The van der Waals surface area contributed by atoms with Gasteiger partial charge in [0.15, 0.2) is 11.5 Å². The molecule has 0 aromatic carbocycles. The largest absolute Gasteiger partial charge is 0.366 e. The number of pyridine rings is 1. The molecule has 0 aliphatic carbocycles. The average molecular weight is 317 g/mol. The molecule has 0 unspecified atom stereocenters. The molecule has 6 nitrogen and oxygen atoms in total. The summed E-state index contributed by atoms with van der Waals surface area (Å²) in [5.41, 5.74) is 2.72. The highest BCUT2D eigenvalue weighted by Crippen LogP contribution is 2.20. The molecule has 3 aromatic heterocycles. The Morgan fingerprint density at radius 1 is 1.27 bits per heavy atom. The molecule has 1 N–H and O–H groups in total. The summed E-state index contributed by atoms with van der Waals surface area (Å²) >= 11 is 6.03. The van der Waals surface area contributed by atoms with Gasteiger partial charge in [0.1, 0.15) is 0 Å². The van der Waals surface area contributed by atoms with Crippen LogP contribution in [0.15, 0.2) is 30.6 Å². The van der Waals surface area contributed by atoms with Crippen molar-refractivity contribution in [3.8, 4) is 0 Å². The first-order chi connectivity index (χ1) is 10.6. The molecule has 22 heavy (non-hydrogen) atoms. The third-order valence-electron chi connectivity index (χ3n) is 3.35. The standard InChI is InChI=1S/C15H17ClN6/c1-10(2)12-9-19-14-13(20-15(16)21-22(12)14)18-8-6-11-5-3-4-7-17-11/h3-5,7,9-10H,6,8H2,1-2H3,(H,18,20,21). The maximum atomic E-state index is 6.03. The molecule has 0 saturated carbocycles. The van der Waals surface area contributed by atoms with Gasteiger partial charge in [-0.2, -0.15) is 4.98 Å². The summed E-state index contributed by atoms with van der Waals surface area (Å²) in [5, 5.41) is 7.71. The summed E-state index contributed by atoms with van der Waals surface area (Å²) in [6.45, 7) is 4.88. The average Bonchev–Trinajstić information content (AvgIpc) is 2.92. The summed E-state index contributed by atoms with van der Waals surface area (Å²) in [6, 6.07) is 5.88. The Bertz CT molecular complexity index is 768. The molecule has 3 aromatic rings. The molecular weight excluding hydrogens is 300 g/mol. The number of nitrogens with zero attached hydrogens (tertiary/aromatic N) is 5. The number of rotatable bonds is 5. The lowest BCUT2D eigenvalue weighted by molar-refractivity contribution is 0.751. The Morgan fingerprint density at radius 3 is 2.86 bits per heavy atom. The van der Waals surface area contributed by atoms with Gasteiger partial charge >= 0.3 is 0 Å². The fraction of sp³-hybridized carbons (Fsp3) is 0.333. The van der Waals surface area contributed by atoms with E-state index in [2.05, 4.69) is 39.2 Å². The van der Waals surface area contributed by atoms with Crippen molar-refractivity contribution in [3.63, 3.8) is 0 Å². The normalized spacial score (nSPS) is 11.3. The van der Waals surface area contributed by atoms with E-state index < -0.39 is 0 Å². The van der Waals surface area contributed by atoms with E-state index in [0.29, 0.717) is 23.9 Å². The highest BCUT2D eigenvalue weighted by molar-refractivity contribution is 6.28. The van der Waals surface area contributed by atoms with Crippen LogP contribution in [0.3, 0.4) is 0 Å². The second kappa shape index (κ2) is 6.27. The van der Waals surface area contributed by atoms with Crippen LogP contribution in [0.4, 0.5) is 5.82 Å². The lowest BCUT2D eigenvalue weighted by Crippen LogP contribution is -2.11. The van der Waals surface area contributed by atoms with Gasteiger partial charge in [0.2, 0.25) is 5.28 Å². The Balaban J connectivity index is 1.81. The van der Waals surface area contributed by atoms with Gasteiger partial charge < -0.3 is 5.32 Å². The van der Waals surface area contributed by atoms with E-state index in [4.69, 9.17) is 11.6 Å². The van der Waals surface area contributed by atoms with Gasteiger partial charge in [-0.05, 0) is 29.7 Å². The van der Waals surface area contributed by atoms with E-state index in [1.165, 1.54) is 0 Å². The van der Waals surface area contributed by atoms with Crippen molar-refractivity contribution in [2.75, 3.05) is 11.9 Å². The molecule has 0 bridgehead atoms. The van der Waals surface area contributed by atoms with Crippen LogP contribution in [0, 0.1) is 0 Å². The van der Waals surface area contributed by atoms with E-state index in [9.17, 15) is 0 Å². The number of fused-ring (bicyclic) bond motifs is 1. The Labute approximate surface area is 133 Å². The van der Waals surface area contributed by atoms with Crippen LogP contribution in [-0.2, 0) is 6.42 Å². The zero-order valence-corrected chi connectivity index (χ0v) is 13.2. The van der Waals surface area contributed by atoms with Crippen molar-refractivity contribution in [1.29, 1.82) is 0 Å². The molecular formula is C15H17ClN6. The fourth-order valence-electron chi connectivity index (χ4n) is 2.24. The molecule has 0 fully saturated rings. The summed E-state index contributed by atoms with van der Waals surface area (Å²) in [7, 11) is 0. The summed E-state index contributed by atoms with van der Waals surface area (Å²) in [5.74, 6) is 0.949. The third-order valence-corrected chi connectivity index (χ3v) is 3.51. The minimum atomic E-state index is 0.202. The van der Waals surface area contributed by atoms with Crippen molar-refractivity contribution in [2.45, 2.75) is 26.2 Å². The minimum absolute atomic E-state index is 0.202. The predicted molar refractivity (Wildman–Crippen MR) is 86.3 cm³/mol. The van der Waals surface area contributed by atoms with Crippen LogP contribution in [-0.4, -0.2) is 31.1 Å². The number of imidazole rings is 1. The molecule has 3 rings (SSSR count). The SMILES string of the molecule is CC(C)c1cnc2c(NCCc3ccccn3)nc(Cl)nn12. The highest BCUT2D eigenvalue weighted by Gasteiger charge is 2.14. The molecule has 0 atom stereocenters. The van der Waals surface area contributed by atoms with E-state index in [1.807, 2.05) is 24.4 Å². The van der Waals surface area contributed by atoms with Crippen LogP contribution in [0.5, 0.6) is 0 Å². The summed E-state index contributed by atoms with van der Waals surface area (Å²) < 4.78 is 1.75. The maximum absolute atomic E-state index is 6.03. The van der Waals surface area contributed by atoms with Gasteiger partial charge in [0, 0.05) is 24.9 Å². The van der Waals surface area contributed by atoms with Gasteiger partial charge in [0.05, 0.1) is 11.9 Å². The van der Waals surface area contributed by atoms with Crippen LogP contribution in [0.25, 0.3) is 5.65 Å². The van der Waals surface area contributed by atoms with Gasteiger partial charge in [-0.15, -0.1) is 5.10 Å². The number of hydrogen-bond acceptors (Lipinski definition) is 5. The van der Waals surface area contributed by atoms with Crippen molar-refractivity contribution in [1.82, 2.24) is 24.6 Å². The van der Waals surface area contributed by atoms with Crippen molar-refractivity contribution >= 4 is 23.1 Å². The number of hydrogen-bond donors (Lipinski definition) is 1. The molecule has 0 radical (unpaired) electrons. The lowest BCUT2D eigenvalue weighted by atomic mass is 10.2. The quantitative estimate of drug-likeness (QED) is 0.783. The molecule has 0 aliphatic rings. The van der Waals surface area contributed by atoms with Crippen LogP contribution in [0.2, 0.25) is 5.28 Å². The van der Waals surface area contributed by atoms with Crippen LogP contribution < -0.4 is 5.32 Å². The summed E-state index contributed by atoms with van der Waals surface area (Å²) in [4.78, 5) is 12.9.